The number of fused-ring (bicyclic) bond motifs is 1. The number of aliphatic carboxylic acids is 1. The summed E-state index contributed by atoms with van der Waals surface area (Å²) in [6.07, 6.45) is 0. The number of nitrogens with zero attached hydrogens (tertiary/aromatic N) is 2. The molecule has 1 aromatic carbocycles. The number of nitrogens with one attached hydrogen (secondary N) is 1. The first-order chi connectivity index (χ1) is 13.8. The summed E-state index contributed by atoms with van der Waals surface area (Å²) in [6, 6.07) is 7.46. The van der Waals surface area contributed by atoms with Gasteiger partial charge in [0.25, 0.3) is 5.91 Å². The molecule has 2 aromatic rings. The first-order valence-corrected chi connectivity index (χ1v) is 10.5. The number of hydrogen-bond donors (Lipinski definition) is 1. The Balaban J connectivity index is 0.00000256. The number of ether oxygens (including phenoxy) is 1. The van der Waals surface area contributed by atoms with E-state index in [4.69, 9.17) is 4.74 Å². The topological polar surface area (TPSA) is 112 Å². The van der Waals surface area contributed by atoms with Gasteiger partial charge in [0.2, 0.25) is 11.8 Å². The largest absolute Gasteiger partial charge is 1.00 e. The van der Waals surface area contributed by atoms with Crippen molar-refractivity contribution in [3.63, 3.8) is 0 Å². The number of β-lactam (4-membered cyclic amide) rings is 1. The summed E-state index contributed by atoms with van der Waals surface area (Å²) in [5.41, 5.74) is 1.07. The summed E-state index contributed by atoms with van der Waals surface area (Å²) >= 11 is 2.48. The van der Waals surface area contributed by atoms with Gasteiger partial charge in [-0.25, -0.2) is 0 Å². The van der Waals surface area contributed by atoms with E-state index >= 15 is 0 Å². The van der Waals surface area contributed by atoms with E-state index < -0.39 is 40.0 Å². The number of carboxylic acid groups (broad SMARTS) is 1. The van der Waals surface area contributed by atoms with Crippen molar-refractivity contribution in [2.45, 2.75) is 36.1 Å². The number of benzene rings is 1. The van der Waals surface area contributed by atoms with E-state index in [9.17, 15) is 19.5 Å². The van der Waals surface area contributed by atoms with Crippen molar-refractivity contribution in [3.05, 3.63) is 35.9 Å². The molecule has 2 aliphatic heterocycles. The Labute approximate surface area is 224 Å². The third kappa shape index (κ3) is 3.85. The van der Waals surface area contributed by atoms with Crippen molar-refractivity contribution < 1.29 is 75.6 Å². The zero-order valence-corrected chi connectivity index (χ0v) is 21.6. The molecule has 1 N–H and O–H groups in total. The summed E-state index contributed by atoms with van der Waals surface area (Å²) < 4.78 is 8.74. The van der Waals surface area contributed by atoms with Crippen molar-refractivity contribution in [3.8, 4) is 16.3 Å². The Kier molecular flexibility index (Phi) is 7.02. The van der Waals surface area contributed by atoms with Gasteiger partial charge in [0.1, 0.15) is 17.0 Å². The Morgan fingerprint density at radius 2 is 1.93 bits per heavy atom. The number of thioether (sulfide) groups is 1. The Bertz CT molecular complexity index is 997. The average Bonchev–Trinajstić information content (AvgIpc) is 3.23. The molecule has 1 aromatic heterocycles. The number of aromatic nitrogens is 1. The van der Waals surface area contributed by atoms with E-state index in [1.54, 1.807) is 13.8 Å². The average molecular weight is 472 g/mol. The molecule has 0 spiro atoms. The minimum atomic E-state index is -1.29. The second-order valence-electron chi connectivity index (χ2n) is 7.29. The quantitative estimate of drug-likeness (QED) is 0.387. The molecule has 3 heterocycles. The zero-order valence-electron chi connectivity index (χ0n) is 16.9. The zero-order chi connectivity index (χ0) is 20.9. The van der Waals surface area contributed by atoms with E-state index in [-0.39, 0.29) is 62.8 Å². The van der Waals surface area contributed by atoms with Crippen molar-refractivity contribution in [1.82, 2.24) is 14.6 Å². The van der Waals surface area contributed by atoms with Gasteiger partial charge in [-0.15, -0.1) is 11.8 Å². The van der Waals surface area contributed by atoms with Gasteiger partial charge in [0, 0.05) is 4.75 Å². The van der Waals surface area contributed by atoms with Crippen LogP contribution in [-0.2, 0) is 9.59 Å². The van der Waals surface area contributed by atoms with Gasteiger partial charge in [-0.1, -0.05) is 30.3 Å². The van der Waals surface area contributed by atoms with Crippen LogP contribution in [0.1, 0.15) is 24.2 Å². The number of amides is 2. The van der Waals surface area contributed by atoms with Crippen LogP contribution in [0, 0.1) is 0 Å². The third-order valence-electron chi connectivity index (χ3n) is 5.07. The molecule has 152 valence electrons. The number of rotatable bonds is 5. The van der Waals surface area contributed by atoms with Gasteiger partial charge in [0.05, 0.1) is 24.0 Å². The molecule has 0 bridgehead atoms. The first-order valence-electron chi connectivity index (χ1n) is 8.87. The van der Waals surface area contributed by atoms with E-state index in [2.05, 4.69) is 9.69 Å². The molecule has 11 heteroatoms. The maximum absolute atomic E-state index is 13.1. The maximum Gasteiger partial charge on any atom is 1.00 e. The summed E-state index contributed by atoms with van der Waals surface area (Å²) in [6.45, 7) is 3.50. The monoisotopic (exact) mass is 471 g/mol. The molecule has 2 saturated heterocycles. The normalized spacial score (nSPS) is 23.8. The Hall–Kier alpha value is -0.954. The molecular weight excluding hydrogens is 453 g/mol. The van der Waals surface area contributed by atoms with Gasteiger partial charge in [-0.05, 0) is 30.9 Å². The number of hydrogen-bond acceptors (Lipinski definition) is 8. The fourth-order valence-corrected chi connectivity index (χ4v) is 6.22. The Morgan fingerprint density at radius 3 is 2.53 bits per heavy atom. The summed E-state index contributed by atoms with van der Waals surface area (Å²) in [7, 11) is 1.43. The molecule has 30 heavy (non-hydrogen) atoms. The van der Waals surface area contributed by atoms with E-state index in [0.717, 1.165) is 17.1 Å². The second-order valence-corrected chi connectivity index (χ2v) is 9.84. The van der Waals surface area contributed by atoms with Crippen LogP contribution in [0.3, 0.4) is 0 Å². The number of methoxy groups -OCH3 is 1. The predicted octanol–water partition coefficient (Wildman–Crippen LogP) is -2.27. The minimum Gasteiger partial charge on any atom is -0.548 e. The predicted molar refractivity (Wildman–Crippen MR) is 106 cm³/mol. The van der Waals surface area contributed by atoms with Crippen LogP contribution in [-0.4, -0.2) is 56.4 Å². The molecule has 0 radical (unpaired) electrons. The van der Waals surface area contributed by atoms with Crippen LogP contribution in [0.4, 0.5) is 0 Å². The molecule has 0 aliphatic carbocycles. The number of carbonyl (C=O) groups is 3. The summed E-state index contributed by atoms with van der Waals surface area (Å²) in [4.78, 5) is 39.1. The van der Waals surface area contributed by atoms with Crippen LogP contribution in [0.15, 0.2) is 30.3 Å². The number of carboxylic acids is 1. The van der Waals surface area contributed by atoms with Crippen molar-refractivity contribution in [1.29, 1.82) is 0 Å². The molecule has 2 amide bonds. The number of carbonyl (C=O) groups excluding carboxylic acids is 3. The second kappa shape index (κ2) is 8.89. The minimum absolute atomic E-state index is 0. The SMILES string of the molecule is COc1nsc(-c2ccccc2)c1C(=O)N[C@@H]1C(=O)N2[C@@H]1SC(C)(C)[C@@H]2C(=O)[O-].[K+]. The molecule has 3 atom stereocenters. The van der Waals surface area contributed by atoms with E-state index in [0.29, 0.717) is 4.88 Å². The van der Waals surface area contributed by atoms with Gasteiger partial charge in [-0.3, -0.25) is 9.59 Å². The molecule has 8 nitrogen and oxygen atoms in total. The van der Waals surface area contributed by atoms with E-state index in [1.165, 1.54) is 23.8 Å². The first kappa shape index (κ1) is 23.7. The summed E-state index contributed by atoms with van der Waals surface area (Å²) in [5, 5.41) is 13.8. The molecule has 2 fully saturated rings. The van der Waals surface area contributed by atoms with Crippen LogP contribution in [0.25, 0.3) is 10.4 Å². The maximum atomic E-state index is 13.1. The van der Waals surface area contributed by atoms with Crippen molar-refractivity contribution >= 4 is 41.1 Å². The standard InChI is InChI=1S/C19H19N3O5S2.K/c1-19(2)13(18(25)26)22-16(24)11(17(22)28-19)20-14(23)10-12(29-21-15(10)27-3)9-7-5-4-6-8-9;/h4-8,11,13,17H,1-3H3,(H,20,23)(H,25,26);/q;+1/p-1/t11-,13+,17-;/m1./s1. The van der Waals surface area contributed by atoms with Crippen LogP contribution in [0.5, 0.6) is 5.88 Å². The smallest absolute Gasteiger partial charge is 0.548 e. The van der Waals surface area contributed by atoms with Crippen molar-refractivity contribution in [2.24, 2.45) is 0 Å². The molecular formula is C19H18KN3O5S2. The van der Waals surface area contributed by atoms with E-state index in [1.807, 2.05) is 30.3 Å². The Morgan fingerprint density at radius 1 is 1.27 bits per heavy atom. The fourth-order valence-electron chi connectivity index (χ4n) is 3.74. The van der Waals surface area contributed by atoms with Crippen LogP contribution >= 0.6 is 23.3 Å². The third-order valence-corrected chi connectivity index (χ3v) is 7.52. The van der Waals surface area contributed by atoms with Crippen LogP contribution in [0.2, 0.25) is 0 Å². The molecule has 2 aliphatic rings. The molecule has 0 saturated carbocycles. The van der Waals surface area contributed by atoms with Crippen molar-refractivity contribution in [2.75, 3.05) is 7.11 Å². The van der Waals surface area contributed by atoms with Crippen LogP contribution < -0.4 is 66.5 Å². The van der Waals surface area contributed by atoms with Gasteiger partial charge >= 0.3 is 51.4 Å². The molecule has 0 unspecified atom stereocenters. The van der Waals surface area contributed by atoms with Gasteiger partial charge in [-0.2, -0.15) is 4.37 Å². The fraction of sp³-hybridized carbons (Fsp3) is 0.368. The van der Waals surface area contributed by atoms with Gasteiger partial charge < -0.3 is 24.9 Å². The van der Waals surface area contributed by atoms with Gasteiger partial charge in [0.15, 0.2) is 0 Å². The summed E-state index contributed by atoms with van der Waals surface area (Å²) in [5.74, 6) is -2.03. The molecule has 4 rings (SSSR count).